The lowest BCUT2D eigenvalue weighted by atomic mass is 9.47. The van der Waals surface area contributed by atoms with E-state index in [1.807, 2.05) is 20.8 Å². The first-order valence-electron chi connectivity index (χ1n) is 21.1. The third-order valence-electron chi connectivity index (χ3n) is 16.6. The van der Waals surface area contributed by atoms with E-state index in [2.05, 4.69) is 0 Å². The van der Waals surface area contributed by atoms with Gasteiger partial charge in [0.15, 0.2) is 5.79 Å². The molecule has 0 radical (unpaired) electrons. The van der Waals surface area contributed by atoms with E-state index in [0.717, 1.165) is 70.6 Å². The van der Waals surface area contributed by atoms with Crippen molar-refractivity contribution in [1.29, 1.82) is 0 Å². The molecule has 6 unspecified atom stereocenters. The van der Waals surface area contributed by atoms with Crippen LogP contribution >= 0.6 is 0 Å². The lowest BCUT2D eigenvalue weighted by Crippen LogP contribution is -2.69. The lowest BCUT2D eigenvalue weighted by Gasteiger charge is -2.66. The number of hydrogen-bond acceptors (Lipinski definition) is 10. The Kier molecular flexibility index (Phi) is 7.69. The third kappa shape index (κ3) is 5.39. The molecule has 0 aromatic rings. The summed E-state index contributed by atoms with van der Waals surface area (Å²) in [6, 6.07) is 0. The van der Waals surface area contributed by atoms with Crippen molar-refractivity contribution in [3.8, 4) is 0 Å². The number of carbonyl (C=O) groups excluding carboxylic acids is 5. The summed E-state index contributed by atoms with van der Waals surface area (Å²) in [4.78, 5) is 67.2. The summed E-state index contributed by atoms with van der Waals surface area (Å²) in [7, 11) is 0. The van der Waals surface area contributed by atoms with E-state index in [9.17, 15) is 24.0 Å². The Morgan fingerprint density at radius 1 is 0.623 bits per heavy atom. The van der Waals surface area contributed by atoms with E-state index < -0.39 is 27.6 Å². The Balaban J connectivity index is 0.904. The second-order valence-electron chi connectivity index (χ2n) is 21.5. The molecular weight excluding hydrogens is 676 g/mol. The van der Waals surface area contributed by atoms with Gasteiger partial charge in [0.2, 0.25) is 0 Å². The molecule has 0 N–H and O–H groups in total. The molecule has 12 bridgehead atoms. The van der Waals surface area contributed by atoms with Crippen LogP contribution in [0, 0.1) is 74.9 Å². The summed E-state index contributed by atoms with van der Waals surface area (Å²) in [5.74, 6) is 0.419. The molecule has 53 heavy (non-hydrogen) atoms. The van der Waals surface area contributed by atoms with Crippen molar-refractivity contribution in [2.75, 3.05) is 26.4 Å². The van der Waals surface area contributed by atoms with Gasteiger partial charge in [0.25, 0.3) is 0 Å². The molecule has 10 nitrogen and oxygen atoms in total. The number of hydrogen-bond donors (Lipinski definition) is 0. The predicted octanol–water partition coefficient (Wildman–Crippen LogP) is 6.15. The molecule has 290 valence electrons. The molecule has 10 heteroatoms. The number of rotatable bonds is 8. The van der Waals surface area contributed by atoms with Gasteiger partial charge in [-0.2, -0.15) is 0 Å². The van der Waals surface area contributed by atoms with E-state index in [4.69, 9.17) is 23.7 Å². The Labute approximate surface area is 312 Å². The summed E-state index contributed by atoms with van der Waals surface area (Å²) < 4.78 is 32.9. The Bertz CT molecular complexity index is 1500. The standard InChI is InChI=1S/C43H58O10/c1-38(2,3)35(46)49-21-39-12-26-10-31(19-39)43(32(11-26)20-39)52-5-4-42(53-43,22-50-36(47)40-13-24-6-27(15-40)33(44)28(7-24)16-40)23-51-37(48)41-14-25-8-29(17-41)34(45)30(9-25)18-41/h24-32H,4-23H2,1-3H3. The molecule has 1 saturated heterocycles. The van der Waals surface area contributed by atoms with Crippen molar-refractivity contribution in [2.45, 2.75) is 135 Å². The normalized spacial score (nSPS) is 49.8. The van der Waals surface area contributed by atoms with Crippen LogP contribution in [0.15, 0.2) is 0 Å². The molecule has 1 spiro atoms. The van der Waals surface area contributed by atoms with Crippen molar-refractivity contribution in [2.24, 2.45) is 74.9 Å². The van der Waals surface area contributed by atoms with Crippen LogP contribution in [0.2, 0.25) is 0 Å². The summed E-state index contributed by atoms with van der Waals surface area (Å²) in [5.41, 5.74) is -3.01. The Hall–Kier alpha value is -2.33. The van der Waals surface area contributed by atoms with Crippen LogP contribution in [0.4, 0.5) is 0 Å². The van der Waals surface area contributed by atoms with Gasteiger partial charge < -0.3 is 23.7 Å². The molecule has 0 amide bonds. The summed E-state index contributed by atoms with van der Waals surface area (Å²) >= 11 is 0. The van der Waals surface area contributed by atoms with Crippen molar-refractivity contribution in [1.82, 2.24) is 0 Å². The quantitative estimate of drug-likeness (QED) is 0.211. The number of ketones is 2. The average molecular weight is 735 g/mol. The molecule has 12 aliphatic carbocycles. The van der Waals surface area contributed by atoms with Crippen LogP contribution in [-0.2, 0) is 47.7 Å². The SMILES string of the molecule is CC(C)(C)C(=O)OCC12CC3CC(C1)C1(OCCC(COC(=O)C45CC6CC(C4)C(=O)C(C6)C5)(COC(=O)C45CC6CC(C4)C(=O)C(C6)C5)O1)C(C3)C2. The fourth-order valence-electron chi connectivity index (χ4n) is 14.9. The monoisotopic (exact) mass is 734 g/mol. The van der Waals surface area contributed by atoms with Gasteiger partial charge in [-0.3, -0.25) is 24.0 Å². The van der Waals surface area contributed by atoms with Gasteiger partial charge >= 0.3 is 17.9 Å². The first-order valence-corrected chi connectivity index (χ1v) is 21.1. The largest absolute Gasteiger partial charge is 0.465 e. The van der Waals surface area contributed by atoms with Gasteiger partial charge in [-0.15, -0.1) is 0 Å². The maximum Gasteiger partial charge on any atom is 0.312 e. The zero-order valence-corrected chi connectivity index (χ0v) is 31.9. The average Bonchev–Trinajstić information content (AvgIpc) is 3.11. The van der Waals surface area contributed by atoms with Crippen LogP contribution in [0.25, 0.3) is 0 Å². The zero-order chi connectivity index (χ0) is 36.8. The van der Waals surface area contributed by atoms with Crippen molar-refractivity contribution >= 4 is 29.5 Å². The summed E-state index contributed by atoms with van der Waals surface area (Å²) in [6.07, 6.45) is 12.5. The predicted molar refractivity (Wildman–Crippen MR) is 187 cm³/mol. The minimum absolute atomic E-state index is 0.0313. The van der Waals surface area contributed by atoms with E-state index in [0.29, 0.717) is 74.6 Å². The molecule has 6 atom stereocenters. The molecule has 1 aliphatic heterocycles. The smallest absolute Gasteiger partial charge is 0.312 e. The van der Waals surface area contributed by atoms with Crippen LogP contribution in [0.5, 0.6) is 0 Å². The number of ether oxygens (including phenoxy) is 5. The second-order valence-corrected chi connectivity index (χ2v) is 21.5. The number of carbonyl (C=O) groups is 5. The molecule has 13 fully saturated rings. The van der Waals surface area contributed by atoms with Crippen LogP contribution in [0.3, 0.4) is 0 Å². The lowest BCUT2D eigenvalue weighted by molar-refractivity contribution is -0.413. The first kappa shape index (κ1) is 35.1. The highest BCUT2D eigenvalue weighted by Crippen LogP contribution is 2.67. The van der Waals surface area contributed by atoms with E-state index >= 15 is 0 Å². The van der Waals surface area contributed by atoms with E-state index in [1.165, 1.54) is 0 Å². The van der Waals surface area contributed by atoms with Crippen molar-refractivity contribution < 1.29 is 47.7 Å². The highest BCUT2D eigenvalue weighted by molar-refractivity contribution is 5.90. The van der Waals surface area contributed by atoms with Crippen LogP contribution in [-0.4, -0.2) is 67.3 Å². The fraction of sp³-hybridized carbons (Fsp3) is 0.884. The van der Waals surface area contributed by atoms with Gasteiger partial charge in [0, 0.05) is 47.3 Å². The fourth-order valence-corrected chi connectivity index (χ4v) is 14.9. The van der Waals surface area contributed by atoms with Gasteiger partial charge in [0.05, 0.1) is 29.5 Å². The maximum atomic E-state index is 14.2. The first-order chi connectivity index (χ1) is 25.1. The van der Waals surface area contributed by atoms with Crippen molar-refractivity contribution in [3.63, 3.8) is 0 Å². The highest BCUT2D eigenvalue weighted by atomic mass is 16.7. The van der Waals surface area contributed by atoms with Gasteiger partial charge in [0.1, 0.15) is 30.4 Å². The van der Waals surface area contributed by atoms with Crippen LogP contribution < -0.4 is 0 Å². The Morgan fingerprint density at radius 2 is 1.09 bits per heavy atom. The minimum Gasteiger partial charge on any atom is -0.465 e. The molecule has 13 aliphatic rings. The topological polar surface area (TPSA) is 132 Å². The minimum atomic E-state index is -1.08. The Morgan fingerprint density at radius 3 is 1.57 bits per heavy atom. The van der Waals surface area contributed by atoms with Gasteiger partial charge in [-0.25, -0.2) is 0 Å². The zero-order valence-electron chi connectivity index (χ0n) is 31.9. The van der Waals surface area contributed by atoms with E-state index in [-0.39, 0.29) is 72.0 Å². The maximum absolute atomic E-state index is 14.2. The summed E-state index contributed by atoms with van der Waals surface area (Å²) in [6.45, 7) is 6.41. The molecule has 12 saturated carbocycles. The molecule has 1 heterocycles. The molecule has 13 rings (SSSR count). The highest BCUT2D eigenvalue weighted by Gasteiger charge is 2.68. The molecule has 0 aromatic heterocycles. The summed E-state index contributed by atoms with van der Waals surface area (Å²) in [5, 5.41) is 0. The number of esters is 3. The molecular formula is C43H58O10. The van der Waals surface area contributed by atoms with Crippen LogP contribution in [0.1, 0.15) is 124 Å². The second kappa shape index (κ2) is 11.6. The van der Waals surface area contributed by atoms with Gasteiger partial charge in [-0.1, -0.05) is 0 Å². The third-order valence-corrected chi connectivity index (χ3v) is 16.6. The van der Waals surface area contributed by atoms with Gasteiger partial charge in [-0.05, 0) is 135 Å². The molecule has 0 aromatic carbocycles. The van der Waals surface area contributed by atoms with E-state index in [1.54, 1.807) is 0 Å². The van der Waals surface area contributed by atoms with Crippen molar-refractivity contribution in [3.05, 3.63) is 0 Å². The number of Topliss-reactive ketones (excluding diaryl/α,β-unsaturated/α-hetero) is 2.